The van der Waals surface area contributed by atoms with Gasteiger partial charge in [-0.05, 0) is 80.8 Å². The van der Waals surface area contributed by atoms with Crippen molar-refractivity contribution in [2.24, 2.45) is 0 Å². The van der Waals surface area contributed by atoms with Gasteiger partial charge < -0.3 is 20.4 Å². The molecule has 2 saturated heterocycles. The Balaban J connectivity index is 1.52. The van der Waals surface area contributed by atoms with E-state index >= 15 is 0 Å². The number of amides is 3. The second-order valence-corrected chi connectivity index (χ2v) is 8.97. The van der Waals surface area contributed by atoms with Gasteiger partial charge in [-0.2, -0.15) is 0 Å². The maximum atomic E-state index is 13.3. The fourth-order valence-electron chi connectivity index (χ4n) is 4.25. The van der Waals surface area contributed by atoms with Crippen molar-refractivity contribution in [3.05, 3.63) is 48.0 Å². The number of anilines is 3. The van der Waals surface area contributed by atoms with E-state index in [1.807, 2.05) is 53.6 Å². The van der Waals surface area contributed by atoms with Crippen molar-refractivity contribution < 1.29 is 9.59 Å². The molecule has 0 atom stereocenters. The first-order valence-corrected chi connectivity index (χ1v) is 12.3. The highest BCUT2D eigenvalue weighted by Crippen LogP contribution is 2.29. The standard InChI is InChI=1S/C24H30N4O2S/c1-31-20-10-7-18(8-11-20)25-24(30)26-19-9-12-22(27-13-3-2-4-14-27)21(17-19)23(29)28-15-5-6-16-28/h7-12,17H,2-6,13-16H2,1H3,(H2,25,26,30). The minimum Gasteiger partial charge on any atom is -0.371 e. The van der Waals surface area contributed by atoms with Crippen molar-refractivity contribution in [1.29, 1.82) is 0 Å². The molecule has 31 heavy (non-hydrogen) atoms. The number of rotatable bonds is 5. The van der Waals surface area contributed by atoms with Gasteiger partial charge in [0.1, 0.15) is 0 Å². The van der Waals surface area contributed by atoms with Crippen LogP contribution >= 0.6 is 11.8 Å². The molecule has 0 radical (unpaired) electrons. The Morgan fingerprint density at radius 1 is 0.806 bits per heavy atom. The second kappa shape index (κ2) is 10.1. The van der Waals surface area contributed by atoms with Crippen LogP contribution in [-0.4, -0.2) is 49.3 Å². The van der Waals surface area contributed by atoms with Crippen LogP contribution in [0.4, 0.5) is 21.9 Å². The number of hydrogen-bond acceptors (Lipinski definition) is 4. The van der Waals surface area contributed by atoms with Gasteiger partial charge in [0, 0.05) is 48.1 Å². The molecule has 2 aliphatic heterocycles. The lowest BCUT2D eigenvalue weighted by Crippen LogP contribution is -2.34. The average molecular weight is 439 g/mol. The van der Waals surface area contributed by atoms with Gasteiger partial charge in [-0.15, -0.1) is 11.8 Å². The van der Waals surface area contributed by atoms with Crippen LogP contribution in [0.2, 0.25) is 0 Å². The van der Waals surface area contributed by atoms with Crippen LogP contribution in [0.5, 0.6) is 0 Å². The molecule has 2 heterocycles. The third-order valence-electron chi connectivity index (χ3n) is 5.92. The third kappa shape index (κ3) is 5.34. The molecule has 2 aliphatic rings. The van der Waals surface area contributed by atoms with Crippen molar-refractivity contribution in [3.8, 4) is 0 Å². The maximum Gasteiger partial charge on any atom is 0.323 e. The zero-order valence-electron chi connectivity index (χ0n) is 18.0. The summed E-state index contributed by atoms with van der Waals surface area (Å²) in [5.41, 5.74) is 3.02. The summed E-state index contributed by atoms with van der Waals surface area (Å²) in [5, 5.41) is 5.75. The number of piperidine rings is 1. The molecule has 0 spiro atoms. The Bertz CT molecular complexity index is 920. The van der Waals surface area contributed by atoms with Crippen molar-refractivity contribution in [2.45, 2.75) is 37.0 Å². The van der Waals surface area contributed by atoms with E-state index in [2.05, 4.69) is 15.5 Å². The minimum absolute atomic E-state index is 0.0646. The summed E-state index contributed by atoms with van der Waals surface area (Å²) in [4.78, 5) is 31.2. The number of benzene rings is 2. The van der Waals surface area contributed by atoms with Crippen LogP contribution in [0.25, 0.3) is 0 Å². The van der Waals surface area contributed by atoms with Gasteiger partial charge in [0.2, 0.25) is 0 Å². The van der Waals surface area contributed by atoms with Crippen molar-refractivity contribution in [3.63, 3.8) is 0 Å². The Kier molecular flexibility index (Phi) is 7.02. The summed E-state index contributed by atoms with van der Waals surface area (Å²) in [5.74, 6) is 0.0646. The van der Waals surface area contributed by atoms with Gasteiger partial charge in [-0.25, -0.2) is 4.79 Å². The van der Waals surface area contributed by atoms with Gasteiger partial charge in [0.15, 0.2) is 0 Å². The SMILES string of the molecule is CSc1ccc(NC(=O)Nc2ccc(N3CCCCC3)c(C(=O)N3CCCC3)c2)cc1. The van der Waals surface area contributed by atoms with E-state index in [0.717, 1.165) is 68.1 Å². The highest BCUT2D eigenvalue weighted by atomic mass is 32.2. The van der Waals surface area contributed by atoms with E-state index in [1.54, 1.807) is 11.8 Å². The number of urea groups is 1. The van der Waals surface area contributed by atoms with Gasteiger partial charge in [-0.1, -0.05) is 0 Å². The zero-order valence-corrected chi connectivity index (χ0v) is 18.8. The number of likely N-dealkylation sites (tertiary alicyclic amines) is 1. The van der Waals surface area contributed by atoms with E-state index in [4.69, 9.17) is 0 Å². The summed E-state index contributed by atoms with van der Waals surface area (Å²) < 4.78 is 0. The van der Waals surface area contributed by atoms with Crippen LogP contribution in [-0.2, 0) is 0 Å². The van der Waals surface area contributed by atoms with Gasteiger partial charge in [0.05, 0.1) is 5.56 Å². The molecule has 2 fully saturated rings. The van der Waals surface area contributed by atoms with E-state index < -0.39 is 0 Å². The van der Waals surface area contributed by atoms with Crippen molar-refractivity contribution >= 4 is 40.8 Å². The predicted octanol–water partition coefficient (Wildman–Crippen LogP) is 5.28. The van der Waals surface area contributed by atoms with E-state index in [0.29, 0.717) is 11.3 Å². The lowest BCUT2D eigenvalue weighted by Gasteiger charge is -2.31. The molecule has 2 aromatic carbocycles. The third-order valence-corrected chi connectivity index (χ3v) is 6.67. The van der Waals surface area contributed by atoms with Crippen LogP contribution in [0.15, 0.2) is 47.4 Å². The number of thioether (sulfide) groups is 1. The highest BCUT2D eigenvalue weighted by molar-refractivity contribution is 7.98. The first kappa shape index (κ1) is 21.6. The summed E-state index contributed by atoms with van der Waals surface area (Å²) in [6.07, 6.45) is 7.67. The molecule has 3 amide bonds. The molecule has 0 aliphatic carbocycles. The number of nitrogens with zero attached hydrogens (tertiary/aromatic N) is 2. The summed E-state index contributed by atoms with van der Waals surface area (Å²) in [6, 6.07) is 13.1. The first-order valence-electron chi connectivity index (χ1n) is 11.0. The number of hydrogen-bond donors (Lipinski definition) is 2. The number of nitrogens with one attached hydrogen (secondary N) is 2. The molecule has 4 rings (SSSR count). The number of carbonyl (C=O) groups is 2. The fraction of sp³-hybridized carbons (Fsp3) is 0.417. The summed E-state index contributed by atoms with van der Waals surface area (Å²) in [7, 11) is 0. The first-order chi connectivity index (χ1) is 15.1. The molecule has 2 aromatic rings. The summed E-state index contributed by atoms with van der Waals surface area (Å²) >= 11 is 1.66. The average Bonchev–Trinajstić information content (AvgIpc) is 3.34. The molecule has 7 heteroatoms. The largest absolute Gasteiger partial charge is 0.371 e. The van der Waals surface area contributed by atoms with Crippen LogP contribution in [0.1, 0.15) is 42.5 Å². The highest BCUT2D eigenvalue weighted by Gasteiger charge is 2.25. The zero-order chi connectivity index (χ0) is 21.6. The molecule has 0 saturated carbocycles. The Hall–Kier alpha value is -2.67. The Morgan fingerprint density at radius 2 is 1.42 bits per heavy atom. The van der Waals surface area contributed by atoms with E-state index in [1.165, 1.54) is 6.42 Å². The fourth-order valence-corrected chi connectivity index (χ4v) is 4.66. The van der Waals surface area contributed by atoms with Crippen molar-refractivity contribution in [2.75, 3.05) is 48.0 Å². The molecule has 164 valence electrons. The smallest absolute Gasteiger partial charge is 0.323 e. The van der Waals surface area contributed by atoms with Gasteiger partial charge in [-0.3, -0.25) is 4.79 Å². The maximum absolute atomic E-state index is 13.3. The van der Waals surface area contributed by atoms with Gasteiger partial charge >= 0.3 is 6.03 Å². The predicted molar refractivity (Wildman–Crippen MR) is 129 cm³/mol. The summed E-state index contributed by atoms with van der Waals surface area (Å²) in [6.45, 7) is 3.56. The van der Waals surface area contributed by atoms with Crippen LogP contribution in [0, 0.1) is 0 Å². The molecule has 0 aromatic heterocycles. The Morgan fingerprint density at radius 3 is 2.10 bits per heavy atom. The molecule has 0 bridgehead atoms. The minimum atomic E-state index is -0.317. The van der Waals surface area contributed by atoms with Gasteiger partial charge in [0.25, 0.3) is 5.91 Å². The van der Waals surface area contributed by atoms with E-state index in [9.17, 15) is 9.59 Å². The monoisotopic (exact) mass is 438 g/mol. The molecule has 0 unspecified atom stereocenters. The number of carbonyl (C=O) groups excluding carboxylic acids is 2. The van der Waals surface area contributed by atoms with Crippen molar-refractivity contribution in [1.82, 2.24) is 4.90 Å². The molecular formula is C24H30N4O2S. The molecule has 6 nitrogen and oxygen atoms in total. The second-order valence-electron chi connectivity index (χ2n) is 8.09. The topological polar surface area (TPSA) is 64.7 Å². The lowest BCUT2D eigenvalue weighted by molar-refractivity contribution is 0.0793. The Labute approximate surface area is 188 Å². The molecule has 2 N–H and O–H groups in total. The normalized spacial score (nSPS) is 16.3. The van der Waals surface area contributed by atoms with E-state index in [-0.39, 0.29) is 11.9 Å². The van der Waals surface area contributed by atoms with Crippen LogP contribution < -0.4 is 15.5 Å². The van der Waals surface area contributed by atoms with Crippen LogP contribution in [0.3, 0.4) is 0 Å². The lowest BCUT2D eigenvalue weighted by atomic mass is 10.1. The quantitative estimate of drug-likeness (QED) is 0.624. The molecular weight excluding hydrogens is 408 g/mol.